The molecule has 6 nitrogen and oxygen atoms in total. The van der Waals surface area contributed by atoms with E-state index in [0.717, 1.165) is 16.0 Å². The monoisotopic (exact) mass is 343 g/mol. The van der Waals surface area contributed by atoms with Crippen molar-refractivity contribution in [2.75, 3.05) is 6.61 Å². The minimum atomic E-state index is -0.244. The fraction of sp³-hybridized carbons (Fsp3) is 0.235. The van der Waals surface area contributed by atoms with Crippen LogP contribution >= 0.6 is 11.3 Å². The number of aromatic nitrogens is 2. The number of amides is 1. The Balaban J connectivity index is 1.50. The largest absolute Gasteiger partial charge is 0.483 e. The summed E-state index contributed by atoms with van der Waals surface area (Å²) in [6.07, 6.45) is 0. The SMILES string of the molecule is Cc1ccc(C)c(OCC(=O)NCc2nc(-c3cccs3)no2)c1. The van der Waals surface area contributed by atoms with Crippen LogP contribution in [0.25, 0.3) is 10.7 Å². The van der Waals surface area contributed by atoms with Gasteiger partial charge in [-0.3, -0.25) is 4.79 Å². The summed E-state index contributed by atoms with van der Waals surface area (Å²) in [5.74, 6) is 1.36. The Morgan fingerprint density at radius 1 is 1.33 bits per heavy atom. The van der Waals surface area contributed by atoms with Gasteiger partial charge in [0.25, 0.3) is 5.91 Å². The Labute approximate surface area is 143 Å². The van der Waals surface area contributed by atoms with Crippen LogP contribution in [0.3, 0.4) is 0 Å². The van der Waals surface area contributed by atoms with Crippen LogP contribution in [-0.4, -0.2) is 22.7 Å². The Bertz CT molecular complexity index is 827. The number of carbonyl (C=O) groups excluding carboxylic acids is 1. The third-order valence-corrected chi connectivity index (χ3v) is 4.21. The van der Waals surface area contributed by atoms with Crippen molar-refractivity contribution >= 4 is 17.2 Å². The molecule has 1 aromatic carbocycles. The summed E-state index contributed by atoms with van der Waals surface area (Å²) in [7, 11) is 0. The van der Waals surface area contributed by atoms with Gasteiger partial charge in [-0.05, 0) is 42.5 Å². The van der Waals surface area contributed by atoms with Crippen molar-refractivity contribution in [1.82, 2.24) is 15.5 Å². The molecule has 124 valence electrons. The van der Waals surface area contributed by atoms with Crippen LogP contribution in [0.1, 0.15) is 17.0 Å². The van der Waals surface area contributed by atoms with Gasteiger partial charge in [-0.2, -0.15) is 4.98 Å². The topological polar surface area (TPSA) is 77.2 Å². The zero-order chi connectivity index (χ0) is 16.9. The van der Waals surface area contributed by atoms with Gasteiger partial charge in [0.15, 0.2) is 6.61 Å². The van der Waals surface area contributed by atoms with Crippen LogP contribution in [0.4, 0.5) is 0 Å². The number of thiophene rings is 1. The van der Waals surface area contributed by atoms with Gasteiger partial charge in [0.1, 0.15) is 5.75 Å². The fourth-order valence-electron chi connectivity index (χ4n) is 2.06. The van der Waals surface area contributed by atoms with E-state index in [9.17, 15) is 4.79 Å². The van der Waals surface area contributed by atoms with E-state index in [0.29, 0.717) is 17.5 Å². The molecule has 3 aromatic rings. The third kappa shape index (κ3) is 3.99. The first-order valence-corrected chi connectivity index (χ1v) is 8.33. The predicted molar refractivity (Wildman–Crippen MR) is 90.9 cm³/mol. The Morgan fingerprint density at radius 2 is 2.21 bits per heavy atom. The van der Waals surface area contributed by atoms with E-state index in [1.165, 1.54) is 11.3 Å². The summed E-state index contributed by atoms with van der Waals surface area (Å²) in [4.78, 5) is 17.1. The lowest BCUT2D eigenvalue weighted by Gasteiger charge is -2.09. The van der Waals surface area contributed by atoms with Gasteiger partial charge in [0.2, 0.25) is 11.7 Å². The van der Waals surface area contributed by atoms with Crippen LogP contribution in [0.15, 0.2) is 40.2 Å². The van der Waals surface area contributed by atoms with Crippen molar-refractivity contribution in [1.29, 1.82) is 0 Å². The molecule has 0 aliphatic carbocycles. The molecule has 0 fully saturated rings. The number of hydrogen-bond donors (Lipinski definition) is 1. The zero-order valence-corrected chi connectivity index (χ0v) is 14.2. The third-order valence-electron chi connectivity index (χ3n) is 3.35. The van der Waals surface area contributed by atoms with Gasteiger partial charge in [-0.1, -0.05) is 23.4 Å². The molecule has 0 spiro atoms. The Hall–Kier alpha value is -2.67. The lowest BCUT2D eigenvalue weighted by atomic mass is 10.1. The van der Waals surface area contributed by atoms with Crippen LogP contribution in [-0.2, 0) is 11.3 Å². The minimum absolute atomic E-state index is 0.0593. The number of nitrogens with zero attached hydrogens (tertiary/aromatic N) is 2. The van der Waals surface area contributed by atoms with Gasteiger partial charge >= 0.3 is 0 Å². The molecule has 0 bridgehead atoms. The average molecular weight is 343 g/mol. The van der Waals surface area contributed by atoms with Crippen molar-refractivity contribution < 1.29 is 14.1 Å². The van der Waals surface area contributed by atoms with Gasteiger partial charge in [0, 0.05) is 0 Å². The highest BCUT2D eigenvalue weighted by Crippen LogP contribution is 2.21. The van der Waals surface area contributed by atoms with Crippen LogP contribution in [0.5, 0.6) is 5.75 Å². The van der Waals surface area contributed by atoms with Crippen LogP contribution in [0, 0.1) is 13.8 Å². The lowest BCUT2D eigenvalue weighted by Crippen LogP contribution is -2.28. The summed E-state index contributed by atoms with van der Waals surface area (Å²) in [6, 6.07) is 9.71. The second-order valence-electron chi connectivity index (χ2n) is 5.32. The van der Waals surface area contributed by atoms with Crippen molar-refractivity contribution in [2.45, 2.75) is 20.4 Å². The summed E-state index contributed by atoms with van der Waals surface area (Å²) in [6.45, 7) is 4.04. The summed E-state index contributed by atoms with van der Waals surface area (Å²) in [5.41, 5.74) is 2.08. The van der Waals surface area contributed by atoms with Gasteiger partial charge in [0.05, 0.1) is 11.4 Å². The standard InChI is InChI=1S/C17H17N3O3S/c1-11-5-6-12(2)13(8-11)22-10-15(21)18-9-16-19-17(20-23-16)14-4-3-7-24-14/h3-8H,9-10H2,1-2H3,(H,18,21). The first kappa shape index (κ1) is 16.2. The molecule has 1 N–H and O–H groups in total. The number of benzene rings is 1. The highest BCUT2D eigenvalue weighted by Gasteiger charge is 2.11. The number of carbonyl (C=O) groups is 1. The van der Waals surface area contributed by atoms with E-state index >= 15 is 0 Å². The first-order valence-electron chi connectivity index (χ1n) is 7.45. The molecule has 0 aliphatic rings. The Morgan fingerprint density at radius 3 is 3.00 bits per heavy atom. The number of hydrogen-bond acceptors (Lipinski definition) is 6. The summed E-state index contributed by atoms with van der Waals surface area (Å²) >= 11 is 1.53. The van der Waals surface area contributed by atoms with Crippen molar-refractivity contribution in [3.8, 4) is 16.5 Å². The molecule has 0 aliphatic heterocycles. The second kappa shape index (κ2) is 7.27. The highest BCUT2D eigenvalue weighted by atomic mass is 32.1. The molecule has 0 saturated carbocycles. The molecular formula is C17H17N3O3S. The van der Waals surface area contributed by atoms with E-state index in [1.54, 1.807) is 0 Å². The fourth-order valence-corrected chi connectivity index (χ4v) is 2.71. The smallest absolute Gasteiger partial charge is 0.258 e. The van der Waals surface area contributed by atoms with Crippen LogP contribution in [0.2, 0.25) is 0 Å². The zero-order valence-electron chi connectivity index (χ0n) is 13.4. The molecule has 3 rings (SSSR count). The molecule has 1 amide bonds. The number of nitrogens with one attached hydrogen (secondary N) is 1. The maximum atomic E-state index is 11.9. The van der Waals surface area contributed by atoms with E-state index in [4.69, 9.17) is 9.26 Å². The first-order chi connectivity index (χ1) is 11.6. The van der Waals surface area contributed by atoms with E-state index in [1.807, 2.05) is 49.6 Å². The minimum Gasteiger partial charge on any atom is -0.483 e. The van der Waals surface area contributed by atoms with Gasteiger partial charge in [-0.25, -0.2) is 0 Å². The van der Waals surface area contributed by atoms with Crippen molar-refractivity contribution in [2.24, 2.45) is 0 Å². The molecule has 0 saturated heterocycles. The molecule has 0 atom stereocenters. The number of ether oxygens (including phenoxy) is 1. The molecule has 2 aromatic heterocycles. The molecular weight excluding hydrogens is 326 g/mol. The molecule has 0 radical (unpaired) electrons. The number of aryl methyl sites for hydroxylation is 2. The van der Waals surface area contributed by atoms with Crippen LogP contribution < -0.4 is 10.1 Å². The molecule has 0 unspecified atom stereocenters. The maximum Gasteiger partial charge on any atom is 0.258 e. The maximum absolute atomic E-state index is 11.9. The van der Waals surface area contributed by atoms with E-state index in [2.05, 4.69) is 15.5 Å². The second-order valence-corrected chi connectivity index (χ2v) is 6.27. The molecule has 7 heteroatoms. The number of rotatable bonds is 6. The van der Waals surface area contributed by atoms with Gasteiger partial charge in [-0.15, -0.1) is 11.3 Å². The summed E-state index contributed by atoms with van der Waals surface area (Å²) < 4.78 is 10.7. The average Bonchev–Trinajstić information content (AvgIpc) is 3.24. The lowest BCUT2D eigenvalue weighted by molar-refractivity contribution is -0.123. The molecule has 2 heterocycles. The van der Waals surface area contributed by atoms with Crippen molar-refractivity contribution in [3.05, 3.63) is 52.7 Å². The Kier molecular flexibility index (Phi) is 4.90. The molecule has 24 heavy (non-hydrogen) atoms. The van der Waals surface area contributed by atoms with Gasteiger partial charge < -0.3 is 14.6 Å². The highest BCUT2D eigenvalue weighted by molar-refractivity contribution is 7.13. The quantitative estimate of drug-likeness (QED) is 0.744. The summed E-state index contributed by atoms with van der Waals surface area (Å²) in [5, 5.41) is 8.54. The van der Waals surface area contributed by atoms with E-state index in [-0.39, 0.29) is 19.1 Å². The van der Waals surface area contributed by atoms with Crippen molar-refractivity contribution in [3.63, 3.8) is 0 Å². The predicted octanol–water partition coefficient (Wildman–Crippen LogP) is 3.11. The van der Waals surface area contributed by atoms with E-state index < -0.39 is 0 Å². The normalized spacial score (nSPS) is 10.6.